The molecule has 0 bridgehead atoms. The normalized spacial score (nSPS) is 13.7. The van der Waals surface area contributed by atoms with Crippen LogP contribution < -0.4 is 10.9 Å². The molecule has 4 rings (SSSR count). The van der Waals surface area contributed by atoms with E-state index in [0.717, 1.165) is 37.9 Å². The topological polar surface area (TPSA) is 84.3 Å². The minimum absolute atomic E-state index is 0.0585. The summed E-state index contributed by atoms with van der Waals surface area (Å²) in [6, 6.07) is 9.64. The van der Waals surface area contributed by atoms with Crippen molar-refractivity contribution in [1.82, 2.24) is 14.5 Å². The number of amides is 2. The van der Waals surface area contributed by atoms with Gasteiger partial charge in [-0.15, -0.1) is 0 Å². The van der Waals surface area contributed by atoms with Gasteiger partial charge in [-0.3, -0.25) is 19.0 Å². The molecule has 1 aliphatic rings. The van der Waals surface area contributed by atoms with Crippen molar-refractivity contribution in [3.63, 3.8) is 0 Å². The molecule has 2 aromatic carbocycles. The van der Waals surface area contributed by atoms with Crippen LogP contribution in [0.3, 0.4) is 0 Å². The molecule has 2 heterocycles. The van der Waals surface area contributed by atoms with Gasteiger partial charge in [-0.1, -0.05) is 24.4 Å². The molecule has 1 N–H and O–H groups in total. The Morgan fingerprint density at radius 2 is 1.78 bits per heavy atom. The first-order chi connectivity index (χ1) is 15.3. The number of benzene rings is 2. The Hall–Kier alpha value is -3.19. The van der Waals surface area contributed by atoms with Crippen LogP contribution in [0.5, 0.6) is 0 Å². The predicted octanol–water partition coefficient (Wildman–Crippen LogP) is 4.12. The number of aromatic nitrogens is 2. The maximum absolute atomic E-state index is 13.0. The quantitative estimate of drug-likeness (QED) is 0.647. The number of hydrogen-bond acceptors (Lipinski definition) is 4. The SMILES string of the molecule is CN(C)C(=O)c1ccc(Cl)c(NC(=O)c2ccc3c(=O)n4c(nc3c2)CCCCCC4)c1. The lowest BCUT2D eigenvalue weighted by molar-refractivity contribution is 0.0827. The van der Waals surface area contributed by atoms with Gasteiger partial charge < -0.3 is 10.2 Å². The monoisotopic (exact) mass is 452 g/mol. The van der Waals surface area contributed by atoms with Crippen LogP contribution in [-0.2, 0) is 13.0 Å². The molecule has 0 atom stereocenters. The van der Waals surface area contributed by atoms with Crippen molar-refractivity contribution in [2.45, 2.75) is 38.6 Å². The van der Waals surface area contributed by atoms with Gasteiger partial charge in [0.05, 0.1) is 21.6 Å². The van der Waals surface area contributed by atoms with Crippen LogP contribution in [0.1, 0.15) is 52.2 Å². The second-order valence-corrected chi connectivity index (χ2v) is 8.64. The van der Waals surface area contributed by atoms with Gasteiger partial charge in [-0.25, -0.2) is 4.98 Å². The molecule has 8 heteroatoms. The molecule has 0 saturated carbocycles. The van der Waals surface area contributed by atoms with E-state index >= 15 is 0 Å². The zero-order valence-corrected chi connectivity index (χ0v) is 18.9. The summed E-state index contributed by atoms with van der Waals surface area (Å²) < 4.78 is 1.77. The van der Waals surface area contributed by atoms with E-state index in [1.54, 1.807) is 55.1 Å². The minimum atomic E-state index is -0.392. The minimum Gasteiger partial charge on any atom is -0.345 e. The van der Waals surface area contributed by atoms with Crippen molar-refractivity contribution in [2.75, 3.05) is 19.4 Å². The molecule has 3 aromatic rings. The molecule has 7 nitrogen and oxygen atoms in total. The second-order valence-electron chi connectivity index (χ2n) is 8.23. The van der Waals surface area contributed by atoms with E-state index in [4.69, 9.17) is 16.6 Å². The van der Waals surface area contributed by atoms with Crippen LogP contribution in [0.2, 0.25) is 5.02 Å². The smallest absolute Gasteiger partial charge is 0.261 e. The molecule has 0 radical (unpaired) electrons. The van der Waals surface area contributed by atoms with Gasteiger partial charge in [0.1, 0.15) is 5.82 Å². The third-order valence-corrected chi connectivity index (χ3v) is 6.03. The second kappa shape index (κ2) is 9.12. The number of nitrogens with one attached hydrogen (secondary N) is 1. The first kappa shape index (κ1) is 22.0. The molecule has 0 spiro atoms. The van der Waals surface area contributed by atoms with Crippen molar-refractivity contribution in [2.24, 2.45) is 0 Å². The third-order valence-electron chi connectivity index (χ3n) is 5.70. The standard InChI is InChI=1S/C24H25ClN4O3/c1-28(2)23(31)16-9-11-18(25)20(14-16)27-22(30)15-8-10-17-19(13-15)26-21-7-5-3-4-6-12-29(21)24(17)32/h8-11,13-14H,3-7,12H2,1-2H3,(H,27,30). The van der Waals surface area contributed by atoms with Crippen LogP contribution in [0.4, 0.5) is 5.69 Å². The van der Waals surface area contributed by atoms with Crippen LogP contribution in [0.25, 0.3) is 10.9 Å². The largest absolute Gasteiger partial charge is 0.345 e. The van der Waals surface area contributed by atoms with Gasteiger partial charge >= 0.3 is 0 Å². The van der Waals surface area contributed by atoms with E-state index in [1.165, 1.54) is 4.90 Å². The number of fused-ring (bicyclic) bond motifs is 2. The third kappa shape index (κ3) is 4.39. The van der Waals surface area contributed by atoms with E-state index in [2.05, 4.69) is 5.32 Å². The summed E-state index contributed by atoms with van der Waals surface area (Å²) in [7, 11) is 3.31. The molecule has 32 heavy (non-hydrogen) atoms. The van der Waals surface area contributed by atoms with Crippen molar-refractivity contribution in [3.8, 4) is 0 Å². The Labute approximate surface area is 191 Å². The summed E-state index contributed by atoms with van der Waals surface area (Å²) in [4.78, 5) is 44.3. The number of carbonyl (C=O) groups is 2. The number of carbonyl (C=O) groups excluding carboxylic acids is 2. The zero-order valence-electron chi connectivity index (χ0n) is 18.2. The van der Waals surface area contributed by atoms with E-state index in [0.29, 0.717) is 39.3 Å². The molecule has 1 aromatic heterocycles. The van der Waals surface area contributed by atoms with E-state index in [9.17, 15) is 14.4 Å². The highest BCUT2D eigenvalue weighted by Gasteiger charge is 2.17. The number of hydrogen-bond donors (Lipinski definition) is 1. The van der Waals surface area contributed by atoms with Gasteiger partial charge in [-0.05, 0) is 49.2 Å². The number of aryl methyl sites for hydroxylation is 1. The number of halogens is 1. The summed E-state index contributed by atoms with van der Waals surface area (Å²) in [5.74, 6) is 0.193. The first-order valence-corrected chi connectivity index (χ1v) is 11.1. The van der Waals surface area contributed by atoms with Gasteiger partial charge in [0.15, 0.2) is 0 Å². The van der Waals surface area contributed by atoms with Crippen LogP contribution >= 0.6 is 11.6 Å². The summed E-state index contributed by atoms with van der Waals surface area (Å²) in [5.41, 5.74) is 1.58. The molecule has 0 aliphatic carbocycles. The number of anilines is 1. The number of rotatable bonds is 3. The molecular formula is C24H25ClN4O3. The molecule has 1 aliphatic heterocycles. The summed E-state index contributed by atoms with van der Waals surface area (Å²) in [6.45, 7) is 0.680. The Morgan fingerprint density at radius 1 is 1.03 bits per heavy atom. The van der Waals surface area contributed by atoms with Crippen molar-refractivity contribution < 1.29 is 9.59 Å². The van der Waals surface area contributed by atoms with Crippen LogP contribution in [0, 0.1) is 0 Å². The molecular weight excluding hydrogens is 428 g/mol. The van der Waals surface area contributed by atoms with Gasteiger partial charge in [0.2, 0.25) is 0 Å². The van der Waals surface area contributed by atoms with Crippen LogP contribution in [0.15, 0.2) is 41.2 Å². The lowest BCUT2D eigenvalue weighted by Crippen LogP contribution is -2.26. The molecule has 166 valence electrons. The Bertz CT molecular complexity index is 1270. The summed E-state index contributed by atoms with van der Waals surface area (Å²) >= 11 is 6.24. The lowest BCUT2D eigenvalue weighted by atomic mass is 10.1. The van der Waals surface area contributed by atoms with E-state index in [-0.39, 0.29) is 11.5 Å². The average Bonchev–Trinajstić information content (AvgIpc) is 2.75. The fourth-order valence-electron chi connectivity index (χ4n) is 3.94. The average molecular weight is 453 g/mol. The van der Waals surface area contributed by atoms with Crippen molar-refractivity contribution in [3.05, 3.63) is 68.7 Å². The maximum atomic E-state index is 13.0. The Morgan fingerprint density at radius 3 is 2.56 bits per heavy atom. The van der Waals surface area contributed by atoms with E-state index in [1.807, 2.05) is 0 Å². The zero-order chi connectivity index (χ0) is 22.8. The lowest BCUT2D eigenvalue weighted by Gasteiger charge is -2.16. The summed E-state index contributed by atoms with van der Waals surface area (Å²) in [6.07, 6.45) is 4.97. The molecule has 0 fully saturated rings. The van der Waals surface area contributed by atoms with Crippen LogP contribution in [-0.4, -0.2) is 40.4 Å². The van der Waals surface area contributed by atoms with Gasteiger partial charge in [-0.2, -0.15) is 0 Å². The fraction of sp³-hybridized carbons (Fsp3) is 0.333. The fourth-order valence-corrected chi connectivity index (χ4v) is 4.11. The Balaban J connectivity index is 1.66. The predicted molar refractivity (Wildman–Crippen MR) is 126 cm³/mol. The molecule has 0 unspecified atom stereocenters. The highest BCUT2D eigenvalue weighted by molar-refractivity contribution is 6.34. The van der Waals surface area contributed by atoms with Crippen molar-refractivity contribution in [1.29, 1.82) is 0 Å². The highest BCUT2D eigenvalue weighted by atomic mass is 35.5. The first-order valence-electron chi connectivity index (χ1n) is 10.7. The highest BCUT2D eigenvalue weighted by Crippen LogP contribution is 2.25. The van der Waals surface area contributed by atoms with Crippen molar-refractivity contribution >= 4 is 40.0 Å². The Kier molecular flexibility index (Phi) is 6.28. The van der Waals surface area contributed by atoms with Gasteiger partial charge in [0, 0.05) is 38.2 Å². The number of nitrogens with zero attached hydrogens (tertiary/aromatic N) is 3. The molecule has 0 saturated heterocycles. The van der Waals surface area contributed by atoms with Gasteiger partial charge in [0.25, 0.3) is 17.4 Å². The maximum Gasteiger partial charge on any atom is 0.261 e. The molecule has 2 amide bonds. The van der Waals surface area contributed by atoms with E-state index < -0.39 is 5.91 Å². The summed E-state index contributed by atoms with van der Waals surface area (Å²) in [5, 5.41) is 3.60.